The van der Waals surface area contributed by atoms with Gasteiger partial charge >= 0.3 is 0 Å². The van der Waals surface area contributed by atoms with Crippen molar-refractivity contribution in [1.82, 2.24) is 15.1 Å². The van der Waals surface area contributed by atoms with Crippen LogP contribution in [0.4, 0.5) is 0 Å². The minimum absolute atomic E-state index is 0.419. The maximum atomic E-state index is 4.57. The van der Waals surface area contributed by atoms with Crippen LogP contribution in [0, 0.1) is 29.6 Å². The molecule has 20 heavy (non-hydrogen) atoms. The summed E-state index contributed by atoms with van der Waals surface area (Å²) >= 11 is 3.73. The third kappa shape index (κ3) is 1.70. The van der Waals surface area contributed by atoms with Gasteiger partial charge in [-0.05, 0) is 85.7 Å². The molecule has 0 radical (unpaired) electrons. The van der Waals surface area contributed by atoms with E-state index < -0.39 is 0 Å². The molecule has 3 nitrogen and oxygen atoms in total. The molecule has 1 aromatic rings. The van der Waals surface area contributed by atoms with Crippen molar-refractivity contribution in [2.24, 2.45) is 29.6 Å². The quantitative estimate of drug-likeness (QED) is 0.905. The van der Waals surface area contributed by atoms with E-state index in [4.69, 9.17) is 0 Å². The second-order valence-corrected chi connectivity index (χ2v) is 8.10. The van der Waals surface area contributed by atoms with Crippen LogP contribution in [0.1, 0.15) is 50.9 Å². The van der Waals surface area contributed by atoms with Crippen molar-refractivity contribution in [1.29, 1.82) is 0 Å². The average molecular weight is 338 g/mol. The standard InChI is InChI=1S/C16H24BrN3/c1-8(2)20-16(11(17)7-19-20)15(18-3)14-12-9-4-5-10(6-9)13(12)14/h7-10,12-15,18H,4-6H2,1-3H3. The Labute approximate surface area is 129 Å². The van der Waals surface area contributed by atoms with E-state index in [2.05, 4.69) is 51.9 Å². The summed E-state index contributed by atoms with van der Waals surface area (Å²) in [7, 11) is 2.12. The fraction of sp³-hybridized carbons (Fsp3) is 0.812. The first-order valence-electron chi connectivity index (χ1n) is 8.03. The van der Waals surface area contributed by atoms with Crippen LogP contribution in [-0.4, -0.2) is 16.8 Å². The van der Waals surface area contributed by atoms with E-state index in [-0.39, 0.29) is 0 Å². The Hall–Kier alpha value is -0.350. The maximum Gasteiger partial charge on any atom is 0.0701 e. The lowest BCUT2D eigenvalue weighted by molar-refractivity contribution is 0.359. The topological polar surface area (TPSA) is 29.9 Å². The highest BCUT2D eigenvalue weighted by Gasteiger charge is 2.67. The van der Waals surface area contributed by atoms with Crippen LogP contribution in [0.2, 0.25) is 0 Å². The second kappa shape index (κ2) is 4.57. The Bertz CT molecular complexity index is 508. The molecule has 5 atom stereocenters. The molecule has 110 valence electrons. The van der Waals surface area contributed by atoms with Gasteiger partial charge in [0.05, 0.1) is 22.4 Å². The van der Waals surface area contributed by atoms with Crippen molar-refractivity contribution in [3.63, 3.8) is 0 Å². The molecule has 0 saturated heterocycles. The zero-order chi connectivity index (χ0) is 14.0. The first-order chi connectivity index (χ1) is 9.63. The van der Waals surface area contributed by atoms with Crippen LogP contribution in [0.3, 0.4) is 0 Å². The van der Waals surface area contributed by atoms with E-state index >= 15 is 0 Å². The predicted molar refractivity (Wildman–Crippen MR) is 83.4 cm³/mol. The predicted octanol–water partition coefficient (Wildman–Crippen LogP) is 3.78. The van der Waals surface area contributed by atoms with Crippen LogP contribution < -0.4 is 5.32 Å². The Morgan fingerprint density at radius 1 is 1.30 bits per heavy atom. The van der Waals surface area contributed by atoms with Crippen LogP contribution in [0.15, 0.2) is 10.7 Å². The lowest BCUT2D eigenvalue weighted by Gasteiger charge is -2.23. The summed E-state index contributed by atoms with van der Waals surface area (Å²) in [5, 5.41) is 8.18. The number of nitrogens with one attached hydrogen (secondary N) is 1. The number of aromatic nitrogens is 2. The van der Waals surface area contributed by atoms with Crippen LogP contribution in [0.25, 0.3) is 0 Å². The molecule has 0 amide bonds. The molecule has 0 aliphatic heterocycles. The molecular weight excluding hydrogens is 314 g/mol. The summed E-state index contributed by atoms with van der Waals surface area (Å²) in [6.07, 6.45) is 6.46. The lowest BCUT2D eigenvalue weighted by Crippen LogP contribution is -2.26. The molecule has 0 aromatic carbocycles. The molecule has 1 heterocycles. The molecular formula is C16H24BrN3. The summed E-state index contributed by atoms with van der Waals surface area (Å²) in [5.41, 5.74) is 1.36. The van der Waals surface area contributed by atoms with E-state index in [1.807, 2.05) is 6.20 Å². The van der Waals surface area contributed by atoms with Gasteiger partial charge in [0, 0.05) is 6.04 Å². The van der Waals surface area contributed by atoms with Crippen molar-refractivity contribution in [2.75, 3.05) is 7.05 Å². The molecule has 5 unspecified atom stereocenters. The Morgan fingerprint density at radius 3 is 2.50 bits per heavy atom. The third-order valence-corrected chi connectivity index (χ3v) is 6.67. The van der Waals surface area contributed by atoms with Crippen molar-refractivity contribution in [2.45, 2.75) is 45.2 Å². The zero-order valence-corrected chi connectivity index (χ0v) is 14.1. The monoisotopic (exact) mass is 337 g/mol. The highest BCUT2D eigenvalue weighted by molar-refractivity contribution is 9.10. The highest BCUT2D eigenvalue weighted by Crippen LogP contribution is 2.72. The normalized spacial score (nSPS) is 39.4. The molecule has 4 heteroatoms. The molecule has 3 saturated carbocycles. The molecule has 2 bridgehead atoms. The van der Waals surface area contributed by atoms with Gasteiger partial charge in [-0.25, -0.2) is 0 Å². The number of fused-ring (bicyclic) bond motifs is 5. The van der Waals surface area contributed by atoms with Crippen molar-refractivity contribution >= 4 is 15.9 Å². The summed E-state index contributed by atoms with van der Waals surface area (Å²) in [4.78, 5) is 0. The number of rotatable bonds is 4. The minimum atomic E-state index is 0.419. The van der Waals surface area contributed by atoms with Crippen molar-refractivity contribution in [3.05, 3.63) is 16.4 Å². The lowest BCUT2D eigenvalue weighted by atomic mass is 9.95. The minimum Gasteiger partial charge on any atom is -0.311 e. The SMILES string of the molecule is CNC(c1c(Br)cnn1C(C)C)C1C2C3CCC(C3)C21. The van der Waals surface area contributed by atoms with E-state index in [1.54, 1.807) is 0 Å². The smallest absolute Gasteiger partial charge is 0.0701 e. The Morgan fingerprint density at radius 2 is 1.95 bits per heavy atom. The van der Waals surface area contributed by atoms with Gasteiger partial charge in [-0.2, -0.15) is 5.10 Å². The molecule has 3 aliphatic rings. The fourth-order valence-corrected chi connectivity index (χ4v) is 5.92. The average Bonchev–Trinajstić information content (AvgIpc) is 2.78. The first kappa shape index (κ1) is 13.3. The van der Waals surface area contributed by atoms with Crippen LogP contribution >= 0.6 is 15.9 Å². The summed E-state index contributed by atoms with van der Waals surface area (Å²) in [6.45, 7) is 4.43. The van der Waals surface area contributed by atoms with Gasteiger partial charge < -0.3 is 5.32 Å². The van der Waals surface area contributed by atoms with Gasteiger partial charge in [-0.1, -0.05) is 0 Å². The number of halogens is 1. The Balaban J connectivity index is 1.66. The van der Waals surface area contributed by atoms with E-state index in [0.717, 1.165) is 29.6 Å². The van der Waals surface area contributed by atoms with Gasteiger partial charge in [-0.3, -0.25) is 4.68 Å². The highest BCUT2D eigenvalue weighted by atomic mass is 79.9. The van der Waals surface area contributed by atoms with Gasteiger partial charge in [0.1, 0.15) is 0 Å². The summed E-state index contributed by atoms with van der Waals surface area (Å²) in [5.74, 6) is 4.89. The third-order valence-electron chi connectivity index (χ3n) is 6.06. The van der Waals surface area contributed by atoms with Crippen LogP contribution in [-0.2, 0) is 0 Å². The van der Waals surface area contributed by atoms with Gasteiger partial charge in [-0.15, -0.1) is 0 Å². The fourth-order valence-electron chi connectivity index (χ4n) is 5.40. The first-order valence-corrected chi connectivity index (χ1v) is 8.83. The largest absolute Gasteiger partial charge is 0.311 e. The second-order valence-electron chi connectivity index (χ2n) is 7.25. The van der Waals surface area contributed by atoms with E-state index in [1.165, 1.54) is 29.4 Å². The van der Waals surface area contributed by atoms with Gasteiger partial charge in [0.2, 0.25) is 0 Å². The van der Waals surface area contributed by atoms with Crippen molar-refractivity contribution < 1.29 is 0 Å². The maximum absolute atomic E-state index is 4.57. The number of hydrogen-bond acceptors (Lipinski definition) is 2. The number of hydrogen-bond donors (Lipinski definition) is 1. The number of nitrogens with zero attached hydrogens (tertiary/aromatic N) is 2. The molecule has 4 rings (SSSR count). The van der Waals surface area contributed by atoms with E-state index in [9.17, 15) is 0 Å². The van der Waals surface area contributed by atoms with Crippen LogP contribution in [0.5, 0.6) is 0 Å². The van der Waals surface area contributed by atoms with Gasteiger partial charge in [0.15, 0.2) is 0 Å². The van der Waals surface area contributed by atoms with Gasteiger partial charge in [0.25, 0.3) is 0 Å². The molecule has 3 fully saturated rings. The van der Waals surface area contributed by atoms with Crippen molar-refractivity contribution in [3.8, 4) is 0 Å². The molecule has 1 N–H and O–H groups in total. The zero-order valence-electron chi connectivity index (χ0n) is 12.5. The molecule has 1 aromatic heterocycles. The summed E-state index contributed by atoms with van der Waals surface area (Å²) < 4.78 is 3.36. The summed E-state index contributed by atoms with van der Waals surface area (Å²) in [6, 6.07) is 0.884. The Kier molecular flexibility index (Phi) is 3.05. The van der Waals surface area contributed by atoms with E-state index in [0.29, 0.717) is 12.1 Å². The molecule has 0 spiro atoms. The molecule has 3 aliphatic carbocycles.